The van der Waals surface area contributed by atoms with Gasteiger partial charge in [-0.1, -0.05) is 240 Å². The molecular weight excluding hydrogens is 817 g/mol. The van der Waals surface area contributed by atoms with Gasteiger partial charge in [0.25, 0.3) is 0 Å². The molecule has 0 aliphatic rings. The van der Waals surface area contributed by atoms with Crippen LogP contribution in [0.4, 0.5) is 0 Å². The van der Waals surface area contributed by atoms with Crippen molar-refractivity contribution in [3.05, 3.63) is 97.2 Å². The van der Waals surface area contributed by atoms with Gasteiger partial charge in [0.15, 0.2) is 6.10 Å². The van der Waals surface area contributed by atoms with Gasteiger partial charge in [0.2, 0.25) is 0 Å². The van der Waals surface area contributed by atoms with Crippen molar-refractivity contribution in [2.45, 2.75) is 252 Å². The maximum absolute atomic E-state index is 12.6. The summed E-state index contributed by atoms with van der Waals surface area (Å²) in [6.07, 6.45) is 71.8. The highest BCUT2D eigenvalue weighted by Crippen LogP contribution is 2.14. The molecule has 66 heavy (non-hydrogen) atoms. The van der Waals surface area contributed by atoms with Crippen molar-refractivity contribution >= 4 is 17.9 Å². The highest BCUT2D eigenvalue weighted by molar-refractivity contribution is 5.71. The highest BCUT2D eigenvalue weighted by atomic mass is 16.6. The predicted octanol–water partition coefficient (Wildman–Crippen LogP) is 18.1. The molecule has 0 rings (SSSR count). The first-order valence-electron chi connectivity index (χ1n) is 27.2. The van der Waals surface area contributed by atoms with Gasteiger partial charge in [-0.05, 0) is 83.5 Å². The monoisotopic (exact) mass is 917 g/mol. The summed E-state index contributed by atoms with van der Waals surface area (Å²) in [6.45, 7) is 6.39. The summed E-state index contributed by atoms with van der Waals surface area (Å²) in [5.41, 5.74) is 0. The summed E-state index contributed by atoms with van der Waals surface area (Å²) >= 11 is 0. The molecule has 0 aromatic carbocycles. The van der Waals surface area contributed by atoms with E-state index in [1.54, 1.807) is 0 Å². The lowest BCUT2D eigenvalue weighted by Gasteiger charge is -2.18. The Morgan fingerprint density at radius 2 is 0.591 bits per heavy atom. The molecule has 1 unspecified atom stereocenters. The summed E-state index contributed by atoms with van der Waals surface area (Å²) in [4.78, 5) is 37.5. The zero-order chi connectivity index (χ0) is 47.9. The zero-order valence-corrected chi connectivity index (χ0v) is 42.9. The Labute approximate surface area is 407 Å². The highest BCUT2D eigenvalue weighted by Gasteiger charge is 2.19. The van der Waals surface area contributed by atoms with Gasteiger partial charge in [-0.25, -0.2) is 0 Å². The minimum Gasteiger partial charge on any atom is -0.462 e. The van der Waals surface area contributed by atoms with Crippen LogP contribution in [-0.4, -0.2) is 37.2 Å². The number of carbonyl (C=O) groups is 3. The van der Waals surface area contributed by atoms with Crippen LogP contribution in [0.2, 0.25) is 0 Å². The van der Waals surface area contributed by atoms with E-state index in [2.05, 4.69) is 118 Å². The fourth-order valence-electron chi connectivity index (χ4n) is 7.28. The third-order valence-electron chi connectivity index (χ3n) is 11.4. The summed E-state index contributed by atoms with van der Waals surface area (Å²) in [5, 5.41) is 0. The van der Waals surface area contributed by atoms with Gasteiger partial charge in [0.05, 0.1) is 0 Å². The SMILES string of the molecule is CC/C=C\C/C=C\C/C=C\C/C=C\C/C=C\C/C=C\C/C=C\C/C=C\CCCCCCCCCCCCC(=O)OCC(COC(=O)CCCCCCC)OC(=O)CCCCCCCCCC. The number of carbonyl (C=O) groups excluding carboxylic acids is 3. The van der Waals surface area contributed by atoms with Crippen molar-refractivity contribution in [2.24, 2.45) is 0 Å². The number of hydrogen-bond acceptors (Lipinski definition) is 6. The maximum Gasteiger partial charge on any atom is 0.306 e. The molecule has 0 radical (unpaired) electrons. The average Bonchev–Trinajstić information content (AvgIpc) is 3.31. The van der Waals surface area contributed by atoms with Crippen molar-refractivity contribution < 1.29 is 28.6 Å². The van der Waals surface area contributed by atoms with Crippen molar-refractivity contribution in [3.8, 4) is 0 Å². The topological polar surface area (TPSA) is 78.9 Å². The van der Waals surface area contributed by atoms with Gasteiger partial charge >= 0.3 is 17.9 Å². The molecule has 0 spiro atoms. The van der Waals surface area contributed by atoms with E-state index in [0.29, 0.717) is 19.3 Å². The van der Waals surface area contributed by atoms with E-state index in [1.807, 2.05) is 0 Å². The van der Waals surface area contributed by atoms with E-state index in [-0.39, 0.29) is 31.1 Å². The largest absolute Gasteiger partial charge is 0.462 e. The molecule has 1 atom stereocenters. The molecule has 0 aliphatic heterocycles. The number of ether oxygens (including phenoxy) is 3. The van der Waals surface area contributed by atoms with Crippen molar-refractivity contribution in [1.29, 1.82) is 0 Å². The second-order valence-electron chi connectivity index (χ2n) is 17.8. The Bertz CT molecular complexity index is 1330. The standard InChI is InChI=1S/C60H100O6/c1-4-7-10-13-15-17-18-19-20-21-22-23-24-25-26-27-28-29-30-31-32-33-34-35-36-37-38-39-40-41-42-43-45-47-50-53-59(62)65-56-57(55-64-58(61)52-49-46-12-9-6-3)66-60(63)54-51-48-44-16-14-11-8-5-2/h7,10,15,17,19-20,22-23,25-26,28-29,31-32,34-35,57H,4-6,8-9,11-14,16,18,21,24,27,30,33,36-56H2,1-3H3/b10-7-,17-15-,20-19-,23-22-,26-25-,29-28-,32-31-,35-34-. The number of unbranched alkanes of at least 4 members (excludes halogenated alkanes) is 21. The molecule has 0 aromatic rings. The predicted molar refractivity (Wildman–Crippen MR) is 284 cm³/mol. The minimum absolute atomic E-state index is 0.0770. The third kappa shape index (κ3) is 51.3. The second-order valence-corrected chi connectivity index (χ2v) is 17.8. The van der Waals surface area contributed by atoms with Gasteiger partial charge < -0.3 is 14.2 Å². The molecule has 0 N–H and O–H groups in total. The van der Waals surface area contributed by atoms with E-state index in [0.717, 1.165) is 116 Å². The number of esters is 3. The van der Waals surface area contributed by atoms with E-state index in [1.165, 1.54) is 89.9 Å². The first kappa shape index (κ1) is 62.3. The summed E-state index contributed by atoms with van der Waals surface area (Å²) in [7, 11) is 0. The van der Waals surface area contributed by atoms with Crippen LogP contribution in [0.5, 0.6) is 0 Å². The fraction of sp³-hybridized carbons (Fsp3) is 0.683. The molecule has 376 valence electrons. The molecule has 0 aromatic heterocycles. The first-order valence-corrected chi connectivity index (χ1v) is 27.2. The van der Waals surface area contributed by atoms with Crippen LogP contribution in [0.15, 0.2) is 97.2 Å². The first-order chi connectivity index (χ1) is 32.5. The van der Waals surface area contributed by atoms with Gasteiger partial charge in [0.1, 0.15) is 13.2 Å². The second kappa shape index (κ2) is 53.9. The average molecular weight is 917 g/mol. The normalized spacial score (nSPS) is 12.8. The Morgan fingerprint density at radius 1 is 0.318 bits per heavy atom. The molecule has 6 nitrogen and oxygen atoms in total. The van der Waals surface area contributed by atoms with Crippen molar-refractivity contribution in [2.75, 3.05) is 13.2 Å². The lowest BCUT2D eigenvalue weighted by molar-refractivity contribution is -0.167. The van der Waals surface area contributed by atoms with E-state index in [9.17, 15) is 14.4 Å². The zero-order valence-electron chi connectivity index (χ0n) is 42.9. The summed E-state index contributed by atoms with van der Waals surface area (Å²) in [5.74, 6) is -0.902. The lowest BCUT2D eigenvalue weighted by Crippen LogP contribution is -2.30. The maximum atomic E-state index is 12.6. The molecule has 0 saturated heterocycles. The molecule has 0 fully saturated rings. The van der Waals surface area contributed by atoms with Crippen molar-refractivity contribution in [3.63, 3.8) is 0 Å². The number of allylic oxidation sites excluding steroid dienone is 16. The van der Waals surface area contributed by atoms with E-state index in [4.69, 9.17) is 14.2 Å². The molecular formula is C60H100O6. The van der Waals surface area contributed by atoms with Gasteiger partial charge in [-0.2, -0.15) is 0 Å². The molecule has 0 saturated carbocycles. The smallest absolute Gasteiger partial charge is 0.306 e. The molecule has 0 heterocycles. The molecule has 0 bridgehead atoms. The van der Waals surface area contributed by atoms with Crippen LogP contribution in [0, 0.1) is 0 Å². The van der Waals surface area contributed by atoms with Crippen LogP contribution in [0.3, 0.4) is 0 Å². The Balaban J connectivity index is 3.93. The van der Waals surface area contributed by atoms with E-state index < -0.39 is 6.10 Å². The fourth-order valence-corrected chi connectivity index (χ4v) is 7.28. The summed E-state index contributed by atoms with van der Waals surface area (Å²) < 4.78 is 16.6. The van der Waals surface area contributed by atoms with Crippen LogP contribution in [0.1, 0.15) is 245 Å². The molecule has 0 amide bonds. The minimum atomic E-state index is -0.769. The van der Waals surface area contributed by atoms with Crippen molar-refractivity contribution in [1.82, 2.24) is 0 Å². The number of rotatable bonds is 48. The van der Waals surface area contributed by atoms with Gasteiger partial charge in [0, 0.05) is 19.3 Å². The summed E-state index contributed by atoms with van der Waals surface area (Å²) in [6, 6.07) is 0. The van der Waals surface area contributed by atoms with Crippen LogP contribution in [0.25, 0.3) is 0 Å². The van der Waals surface area contributed by atoms with Crippen LogP contribution < -0.4 is 0 Å². The Morgan fingerprint density at radius 3 is 0.924 bits per heavy atom. The molecule has 6 heteroatoms. The quantitative estimate of drug-likeness (QED) is 0.0262. The van der Waals surface area contributed by atoms with E-state index >= 15 is 0 Å². The van der Waals surface area contributed by atoms with Gasteiger partial charge in [-0.15, -0.1) is 0 Å². The Hall–Kier alpha value is -3.67. The number of hydrogen-bond donors (Lipinski definition) is 0. The third-order valence-corrected chi connectivity index (χ3v) is 11.4. The van der Waals surface area contributed by atoms with Crippen LogP contribution >= 0.6 is 0 Å². The van der Waals surface area contributed by atoms with Gasteiger partial charge in [-0.3, -0.25) is 14.4 Å². The molecule has 0 aliphatic carbocycles. The van der Waals surface area contributed by atoms with Crippen LogP contribution in [-0.2, 0) is 28.6 Å². The lowest BCUT2D eigenvalue weighted by atomic mass is 10.1. The Kier molecular flexibility index (Phi) is 50.9.